The van der Waals surface area contributed by atoms with Gasteiger partial charge in [-0.1, -0.05) is 86.1 Å². The molecule has 0 fully saturated rings. The molecule has 0 aliphatic carbocycles. The number of hydrogen-bond acceptors (Lipinski definition) is 3. The lowest BCUT2D eigenvalue weighted by molar-refractivity contribution is -0.138. The average molecular weight is 420 g/mol. The first kappa shape index (κ1) is 21.7. The van der Waals surface area contributed by atoms with Gasteiger partial charge in [0.1, 0.15) is 6.61 Å². The van der Waals surface area contributed by atoms with Crippen molar-refractivity contribution in [1.82, 2.24) is 0 Å². The number of carbonyl (C=O) groups is 1. The molecule has 1 N–H and O–H groups in total. The molecule has 0 spiro atoms. The van der Waals surface area contributed by atoms with E-state index in [0.717, 1.165) is 22.4 Å². The van der Waals surface area contributed by atoms with Crippen LogP contribution in [-0.2, 0) is 21.6 Å². The van der Waals surface area contributed by atoms with Crippen LogP contribution in [0.5, 0.6) is 0 Å². The quantitative estimate of drug-likeness (QED) is 0.352. The molecule has 30 heavy (non-hydrogen) atoms. The van der Waals surface area contributed by atoms with E-state index < -0.39 is 5.97 Å². The van der Waals surface area contributed by atoms with Crippen LogP contribution in [0.4, 0.5) is 5.69 Å². The fraction of sp³-hybridized carbons (Fsp3) is 0.192. The highest BCUT2D eigenvalue weighted by molar-refractivity contribution is 6.31. The number of halogens is 1. The molecule has 0 unspecified atom stereocenters. The topological polar surface area (TPSA) is 38.3 Å². The second kappa shape index (κ2) is 9.64. The molecule has 0 radical (unpaired) electrons. The predicted molar refractivity (Wildman–Crippen MR) is 125 cm³/mol. The van der Waals surface area contributed by atoms with Gasteiger partial charge in [0, 0.05) is 29.2 Å². The lowest BCUT2D eigenvalue weighted by Crippen LogP contribution is -2.21. The summed E-state index contributed by atoms with van der Waals surface area (Å²) >= 11 is 6.45. The Hall–Kier alpha value is -3.04. The Morgan fingerprint density at radius 1 is 1.03 bits per heavy atom. The zero-order valence-corrected chi connectivity index (χ0v) is 18.2. The molecule has 3 nitrogen and oxygen atoms in total. The maximum atomic E-state index is 12.2. The number of nitrogens with one attached hydrogen (secondary N) is 1. The molecule has 3 aromatic rings. The molecule has 0 atom stereocenters. The second-order valence-electron chi connectivity index (χ2n) is 7.59. The Kier molecular flexibility index (Phi) is 6.96. The number of carbonyl (C=O) groups excluding carboxylic acids is 1. The third kappa shape index (κ3) is 5.11. The first-order valence-electron chi connectivity index (χ1n) is 9.88. The largest absolute Gasteiger partial charge is 0.458 e. The zero-order valence-electron chi connectivity index (χ0n) is 17.5. The number of benzene rings is 3. The molecular formula is C26H26ClNO2. The van der Waals surface area contributed by atoms with Crippen LogP contribution in [-0.4, -0.2) is 13.0 Å². The van der Waals surface area contributed by atoms with Gasteiger partial charge in [0.2, 0.25) is 0 Å². The molecule has 0 heterocycles. The van der Waals surface area contributed by atoms with E-state index in [9.17, 15) is 4.79 Å². The van der Waals surface area contributed by atoms with Crippen molar-refractivity contribution in [3.8, 4) is 0 Å². The molecule has 0 saturated carbocycles. The van der Waals surface area contributed by atoms with Crippen molar-refractivity contribution in [3.63, 3.8) is 0 Å². The number of ether oxygens (including phenoxy) is 1. The highest BCUT2D eigenvalue weighted by Crippen LogP contribution is 2.39. The van der Waals surface area contributed by atoms with Gasteiger partial charge in [-0.15, -0.1) is 0 Å². The minimum Gasteiger partial charge on any atom is -0.458 e. The lowest BCUT2D eigenvalue weighted by Gasteiger charge is -2.29. The van der Waals surface area contributed by atoms with Gasteiger partial charge in [-0.2, -0.15) is 0 Å². The van der Waals surface area contributed by atoms with Crippen LogP contribution in [0.25, 0.3) is 6.08 Å². The SMILES string of the molecule is CNc1c(/C=C/C(=O)OCc2ccccc2)cc(Cl)cc1C(C)(C)c1ccccc1. The molecule has 0 aromatic heterocycles. The van der Waals surface area contributed by atoms with E-state index in [0.29, 0.717) is 5.02 Å². The van der Waals surface area contributed by atoms with E-state index in [2.05, 4.69) is 31.3 Å². The summed E-state index contributed by atoms with van der Waals surface area (Å²) in [4.78, 5) is 12.2. The van der Waals surface area contributed by atoms with Crippen LogP contribution in [0.1, 0.15) is 36.1 Å². The smallest absolute Gasteiger partial charge is 0.331 e. The van der Waals surface area contributed by atoms with Crippen molar-refractivity contribution < 1.29 is 9.53 Å². The summed E-state index contributed by atoms with van der Waals surface area (Å²) in [6, 6.07) is 23.7. The summed E-state index contributed by atoms with van der Waals surface area (Å²) in [6.45, 7) is 4.57. The summed E-state index contributed by atoms with van der Waals surface area (Å²) < 4.78 is 5.34. The fourth-order valence-corrected chi connectivity index (χ4v) is 3.70. The second-order valence-corrected chi connectivity index (χ2v) is 8.02. The fourth-order valence-electron chi connectivity index (χ4n) is 3.48. The van der Waals surface area contributed by atoms with Gasteiger partial charge in [-0.05, 0) is 40.5 Å². The van der Waals surface area contributed by atoms with Gasteiger partial charge in [-0.3, -0.25) is 0 Å². The van der Waals surface area contributed by atoms with Gasteiger partial charge in [0.15, 0.2) is 0 Å². The van der Waals surface area contributed by atoms with Crippen molar-refractivity contribution in [2.24, 2.45) is 0 Å². The van der Waals surface area contributed by atoms with Crippen LogP contribution >= 0.6 is 11.6 Å². The molecule has 0 bridgehead atoms. The van der Waals surface area contributed by atoms with E-state index in [1.807, 2.05) is 67.7 Å². The lowest BCUT2D eigenvalue weighted by atomic mass is 9.76. The Bertz CT molecular complexity index is 1030. The highest BCUT2D eigenvalue weighted by Gasteiger charge is 2.27. The Morgan fingerprint density at radius 2 is 1.67 bits per heavy atom. The highest BCUT2D eigenvalue weighted by atomic mass is 35.5. The maximum Gasteiger partial charge on any atom is 0.331 e. The molecule has 3 aromatic carbocycles. The molecule has 0 aliphatic rings. The standard InChI is InChI=1S/C26H26ClNO2/c1-26(2,21-12-8-5-9-13-21)23-17-22(27)16-20(25(23)28-3)14-15-24(29)30-18-19-10-6-4-7-11-19/h4-17,28H,18H2,1-3H3/b15-14+. The molecule has 0 saturated heterocycles. The number of rotatable bonds is 7. The molecule has 4 heteroatoms. The van der Waals surface area contributed by atoms with Crippen molar-refractivity contribution in [2.75, 3.05) is 12.4 Å². The number of anilines is 1. The van der Waals surface area contributed by atoms with Gasteiger partial charge in [0.05, 0.1) is 0 Å². The zero-order chi connectivity index (χ0) is 21.6. The van der Waals surface area contributed by atoms with Crippen molar-refractivity contribution in [3.05, 3.63) is 106 Å². The van der Waals surface area contributed by atoms with E-state index in [4.69, 9.17) is 16.3 Å². The minimum absolute atomic E-state index is 0.241. The van der Waals surface area contributed by atoms with E-state index in [-0.39, 0.29) is 12.0 Å². The summed E-state index contributed by atoms with van der Waals surface area (Å²) in [5, 5.41) is 3.90. The van der Waals surface area contributed by atoms with Gasteiger partial charge < -0.3 is 10.1 Å². The first-order chi connectivity index (χ1) is 14.4. The number of hydrogen-bond donors (Lipinski definition) is 1. The molecule has 0 aliphatic heterocycles. The third-order valence-corrected chi connectivity index (χ3v) is 5.39. The van der Waals surface area contributed by atoms with Crippen LogP contribution in [0, 0.1) is 0 Å². The molecule has 3 rings (SSSR count). The van der Waals surface area contributed by atoms with E-state index in [1.165, 1.54) is 11.6 Å². The van der Waals surface area contributed by atoms with Crippen LogP contribution in [0.2, 0.25) is 5.02 Å². The van der Waals surface area contributed by atoms with Gasteiger partial charge in [0.25, 0.3) is 0 Å². The third-order valence-electron chi connectivity index (χ3n) is 5.18. The summed E-state index contributed by atoms with van der Waals surface area (Å²) in [5.74, 6) is -0.398. The van der Waals surface area contributed by atoms with Crippen molar-refractivity contribution >= 4 is 29.3 Å². The van der Waals surface area contributed by atoms with Gasteiger partial charge in [-0.25, -0.2) is 4.79 Å². The van der Waals surface area contributed by atoms with E-state index in [1.54, 1.807) is 6.08 Å². The van der Waals surface area contributed by atoms with Crippen molar-refractivity contribution in [2.45, 2.75) is 25.9 Å². The predicted octanol–water partition coefficient (Wildman–Crippen LogP) is 6.46. The maximum absolute atomic E-state index is 12.2. The average Bonchev–Trinajstić information content (AvgIpc) is 2.77. The molecular weight excluding hydrogens is 394 g/mol. The van der Waals surface area contributed by atoms with Gasteiger partial charge >= 0.3 is 5.97 Å². The Balaban J connectivity index is 1.86. The minimum atomic E-state index is -0.398. The Morgan fingerprint density at radius 3 is 2.30 bits per heavy atom. The van der Waals surface area contributed by atoms with Crippen molar-refractivity contribution in [1.29, 1.82) is 0 Å². The summed E-state index contributed by atoms with van der Waals surface area (Å²) in [7, 11) is 1.87. The summed E-state index contributed by atoms with van der Waals surface area (Å²) in [6.07, 6.45) is 3.18. The number of esters is 1. The first-order valence-corrected chi connectivity index (χ1v) is 10.3. The monoisotopic (exact) mass is 419 g/mol. The summed E-state index contributed by atoms with van der Waals surface area (Å²) in [5.41, 5.74) is 4.67. The Labute approximate surface area is 183 Å². The molecule has 154 valence electrons. The van der Waals surface area contributed by atoms with Crippen LogP contribution < -0.4 is 5.32 Å². The normalized spacial score (nSPS) is 11.5. The molecule has 0 amide bonds. The van der Waals surface area contributed by atoms with Crippen LogP contribution in [0.15, 0.2) is 78.9 Å². The van der Waals surface area contributed by atoms with Crippen LogP contribution in [0.3, 0.4) is 0 Å². The van der Waals surface area contributed by atoms with E-state index >= 15 is 0 Å².